The van der Waals surface area contributed by atoms with Gasteiger partial charge in [-0.25, -0.2) is 4.79 Å². The number of carbonyl (C=O) groups is 1. The van der Waals surface area contributed by atoms with E-state index in [2.05, 4.69) is 4.98 Å². The van der Waals surface area contributed by atoms with Crippen LogP contribution < -0.4 is 0 Å². The van der Waals surface area contributed by atoms with Crippen molar-refractivity contribution >= 4 is 39.3 Å². The van der Waals surface area contributed by atoms with Gasteiger partial charge in [0.2, 0.25) is 0 Å². The number of hydrogen-bond donors (Lipinski definition) is 0. The van der Waals surface area contributed by atoms with Crippen molar-refractivity contribution in [3.05, 3.63) is 15.0 Å². The summed E-state index contributed by atoms with van der Waals surface area (Å²) in [6, 6.07) is 0. The molecular weight excluding hydrogens is 181 g/mol. The molecule has 0 spiro atoms. The maximum Gasteiger partial charge on any atom is 0.347 e. The molecule has 9 heavy (non-hydrogen) atoms. The number of aromatic nitrogens is 1. The van der Waals surface area contributed by atoms with Crippen LogP contribution in [-0.4, -0.2) is 10.6 Å². The topological polar surface area (TPSA) is 30.0 Å². The largest absolute Gasteiger partial charge is 0.347 e. The van der Waals surface area contributed by atoms with Gasteiger partial charge in [-0.2, -0.15) is 4.98 Å². The maximum atomic E-state index is 10.1. The average molecular weight is 183 g/mol. The molecule has 0 aliphatic rings. The molecule has 0 N–H and O–H groups in total. The Kier molecular flexibility index (Phi) is 2.05. The standard InChI is InChI=1S/C4H2Cl2NOS/c5-3-1-9(2-8)4(6)7-3/h1-2H/q+1. The Morgan fingerprint density at radius 1 is 1.67 bits per heavy atom. The van der Waals surface area contributed by atoms with Crippen molar-refractivity contribution in [3.63, 3.8) is 0 Å². The van der Waals surface area contributed by atoms with Crippen LogP contribution in [0.2, 0.25) is 9.62 Å². The second-order valence-corrected chi connectivity index (χ2v) is 3.80. The van der Waals surface area contributed by atoms with Crippen LogP contribution in [0.15, 0.2) is 5.38 Å². The first-order valence-electron chi connectivity index (χ1n) is 2.03. The first-order chi connectivity index (χ1) is 4.24. The molecule has 1 aromatic heterocycles. The van der Waals surface area contributed by atoms with Gasteiger partial charge in [0.25, 0.3) is 0 Å². The van der Waals surface area contributed by atoms with Crippen LogP contribution in [-0.2, 0) is 4.79 Å². The van der Waals surface area contributed by atoms with E-state index in [4.69, 9.17) is 23.2 Å². The lowest BCUT2D eigenvalue weighted by Gasteiger charge is -1.63. The predicted molar refractivity (Wildman–Crippen MR) is 38.9 cm³/mol. The smallest absolute Gasteiger partial charge is 0.235 e. The third-order valence-corrected chi connectivity index (χ3v) is 2.82. The Bertz CT molecular complexity index is 234. The number of thiazole rings is 1. The highest BCUT2D eigenvalue weighted by atomic mass is 35.5. The second-order valence-electron chi connectivity index (χ2n) is 1.27. The van der Waals surface area contributed by atoms with Gasteiger partial charge in [0.05, 0.1) is 10.5 Å². The zero-order valence-electron chi connectivity index (χ0n) is 4.17. The summed E-state index contributed by atoms with van der Waals surface area (Å²) in [5.74, 6) is 0. The van der Waals surface area contributed by atoms with Gasteiger partial charge in [0.15, 0.2) is 10.5 Å². The fourth-order valence-corrected chi connectivity index (χ4v) is 1.88. The van der Waals surface area contributed by atoms with E-state index < -0.39 is 10.5 Å². The van der Waals surface area contributed by atoms with E-state index in [1.165, 1.54) is 5.38 Å². The van der Waals surface area contributed by atoms with Gasteiger partial charge in [-0.3, -0.25) is 0 Å². The highest BCUT2D eigenvalue weighted by Gasteiger charge is 2.14. The Morgan fingerprint density at radius 3 is 2.56 bits per heavy atom. The normalized spacial score (nSPS) is 11.6. The van der Waals surface area contributed by atoms with E-state index in [9.17, 15) is 4.79 Å². The van der Waals surface area contributed by atoms with Crippen LogP contribution in [0.4, 0.5) is 0 Å². The third-order valence-electron chi connectivity index (χ3n) is 0.717. The van der Waals surface area contributed by atoms with Gasteiger partial charge >= 0.3 is 10.1 Å². The summed E-state index contributed by atoms with van der Waals surface area (Å²) in [5.41, 5.74) is 0.723. The summed E-state index contributed by atoms with van der Waals surface area (Å²) in [7, 11) is -0.668. The van der Waals surface area contributed by atoms with Crippen molar-refractivity contribution in [3.8, 4) is 0 Å². The van der Waals surface area contributed by atoms with Gasteiger partial charge in [-0.05, 0) is 11.6 Å². The number of hydrogen-bond acceptors (Lipinski definition) is 2. The van der Waals surface area contributed by atoms with E-state index >= 15 is 0 Å². The molecule has 0 bridgehead atoms. The van der Waals surface area contributed by atoms with Crippen LogP contribution in [0, 0.1) is 0 Å². The van der Waals surface area contributed by atoms with Gasteiger partial charge in [0, 0.05) is 0 Å². The minimum Gasteiger partial charge on any atom is -0.235 e. The van der Waals surface area contributed by atoms with Gasteiger partial charge in [0.1, 0.15) is 0 Å². The van der Waals surface area contributed by atoms with Gasteiger partial charge in [-0.15, -0.1) is 0 Å². The quantitative estimate of drug-likeness (QED) is 0.493. The van der Waals surface area contributed by atoms with Crippen molar-refractivity contribution in [1.29, 1.82) is 0 Å². The molecule has 0 saturated carbocycles. The zero-order valence-corrected chi connectivity index (χ0v) is 6.50. The van der Waals surface area contributed by atoms with E-state index in [0.29, 0.717) is 5.15 Å². The Labute approximate surface area is 64.4 Å². The summed E-state index contributed by atoms with van der Waals surface area (Å²) in [6.45, 7) is 0. The van der Waals surface area contributed by atoms with Crippen molar-refractivity contribution < 1.29 is 4.79 Å². The van der Waals surface area contributed by atoms with Crippen LogP contribution in [0.5, 0.6) is 0 Å². The van der Waals surface area contributed by atoms with Crippen molar-refractivity contribution in [2.75, 3.05) is 0 Å². The van der Waals surface area contributed by atoms with E-state index in [1.807, 2.05) is 0 Å². The highest BCUT2D eigenvalue weighted by Crippen LogP contribution is 2.28. The predicted octanol–water partition coefficient (Wildman–Crippen LogP) is 2.18. The lowest BCUT2D eigenvalue weighted by Crippen LogP contribution is -1.60. The summed E-state index contributed by atoms with van der Waals surface area (Å²) in [6.07, 6.45) is 0. The van der Waals surface area contributed by atoms with Crippen molar-refractivity contribution in [2.24, 2.45) is 0 Å². The van der Waals surface area contributed by atoms with Gasteiger partial charge < -0.3 is 0 Å². The SMILES string of the molecule is O=C[s+]1cc(Cl)nc1Cl. The first-order valence-corrected chi connectivity index (χ1v) is 4.13. The number of halogens is 2. The molecule has 1 aromatic rings. The first kappa shape index (κ1) is 6.99. The minimum absolute atomic E-state index is 0.273. The molecule has 1 heterocycles. The lowest BCUT2D eigenvalue weighted by atomic mass is 11.0. The van der Waals surface area contributed by atoms with Crippen LogP contribution in [0.25, 0.3) is 0 Å². The number of carbonyl (C=O) groups excluding carboxylic acids is 1. The summed E-state index contributed by atoms with van der Waals surface area (Å²) in [4.78, 5) is 13.7. The fraction of sp³-hybridized carbons (Fsp3) is 0. The average Bonchev–Trinajstić information content (AvgIpc) is 2.10. The van der Waals surface area contributed by atoms with E-state index in [-0.39, 0.29) is 4.47 Å². The molecule has 5 heteroatoms. The molecule has 0 radical (unpaired) electrons. The molecular formula is C4H2Cl2NOS+. The molecule has 0 saturated heterocycles. The summed E-state index contributed by atoms with van der Waals surface area (Å²) < 4.78 is 0.273. The molecule has 0 aliphatic carbocycles. The lowest BCUT2D eigenvalue weighted by molar-refractivity contribution is 0.569. The maximum absolute atomic E-state index is 10.1. The Morgan fingerprint density at radius 2 is 2.33 bits per heavy atom. The summed E-state index contributed by atoms with van der Waals surface area (Å²) >= 11 is 10.9. The number of rotatable bonds is 1. The Balaban J connectivity index is 3.15. The molecule has 1 unspecified atom stereocenters. The van der Waals surface area contributed by atoms with E-state index in [0.717, 1.165) is 5.62 Å². The molecule has 0 amide bonds. The minimum atomic E-state index is -0.668. The van der Waals surface area contributed by atoms with Crippen LogP contribution in [0.1, 0.15) is 0 Å². The third kappa shape index (κ3) is 1.41. The highest BCUT2D eigenvalue weighted by molar-refractivity contribution is 7.49. The molecule has 0 fully saturated rings. The Hall–Kier alpha value is -0.120. The summed E-state index contributed by atoms with van der Waals surface area (Å²) in [5, 5.41) is 1.83. The molecule has 0 aliphatic heterocycles. The van der Waals surface area contributed by atoms with Crippen LogP contribution >= 0.6 is 33.7 Å². The fourth-order valence-electron chi connectivity index (χ4n) is 0.384. The number of nitrogens with zero attached hydrogens (tertiary/aromatic N) is 1. The molecule has 2 nitrogen and oxygen atoms in total. The van der Waals surface area contributed by atoms with E-state index in [1.54, 1.807) is 0 Å². The van der Waals surface area contributed by atoms with Gasteiger partial charge in [-0.1, -0.05) is 11.6 Å². The second kappa shape index (κ2) is 2.64. The monoisotopic (exact) mass is 182 g/mol. The van der Waals surface area contributed by atoms with Crippen molar-refractivity contribution in [2.45, 2.75) is 0 Å². The zero-order chi connectivity index (χ0) is 6.85. The molecule has 1 rings (SSSR count). The molecule has 1 atom stereocenters. The van der Waals surface area contributed by atoms with Crippen LogP contribution in [0.3, 0.4) is 0 Å². The van der Waals surface area contributed by atoms with Crippen molar-refractivity contribution in [1.82, 2.24) is 4.98 Å². The molecule has 48 valence electrons. The molecule has 0 aromatic carbocycles.